The molecule has 5 nitrogen and oxygen atoms in total. The highest BCUT2D eigenvalue weighted by Crippen LogP contribution is 2.23. The molecule has 0 amide bonds. The monoisotopic (exact) mass is 306 g/mol. The first-order valence-corrected chi connectivity index (χ1v) is 7.96. The van der Waals surface area contributed by atoms with E-state index in [9.17, 15) is 9.90 Å². The number of hydrogen-bond acceptors (Lipinski definition) is 5. The van der Waals surface area contributed by atoms with Gasteiger partial charge in [-0.3, -0.25) is 4.90 Å². The van der Waals surface area contributed by atoms with Crippen molar-refractivity contribution in [1.82, 2.24) is 4.90 Å². The van der Waals surface area contributed by atoms with E-state index in [1.807, 2.05) is 18.2 Å². The lowest BCUT2D eigenvalue weighted by molar-refractivity contribution is -0.153. The summed E-state index contributed by atoms with van der Waals surface area (Å²) in [5, 5.41) is 10.1. The van der Waals surface area contributed by atoms with Gasteiger partial charge in [-0.25, -0.2) is 4.79 Å². The Bertz CT molecular complexity index is 496. The number of aliphatic hydroxyl groups is 1. The molecule has 122 valence electrons. The molecule has 1 unspecified atom stereocenters. The van der Waals surface area contributed by atoms with Crippen LogP contribution < -0.4 is 4.90 Å². The summed E-state index contributed by atoms with van der Waals surface area (Å²) >= 11 is 0. The maximum atomic E-state index is 11.7. The van der Waals surface area contributed by atoms with Crippen molar-refractivity contribution in [3.63, 3.8) is 0 Å². The number of hydrogen-bond donors (Lipinski definition) is 1. The lowest BCUT2D eigenvalue weighted by Crippen LogP contribution is -2.48. The van der Waals surface area contributed by atoms with Crippen molar-refractivity contribution in [3.8, 4) is 0 Å². The third-order valence-corrected chi connectivity index (χ3v) is 4.11. The summed E-state index contributed by atoms with van der Waals surface area (Å²) in [4.78, 5) is 16.4. The van der Waals surface area contributed by atoms with Gasteiger partial charge in [-0.2, -0.15) is 0 Å². The summed E-state index contributed by atoms with van der Waals surface area (Å²) in [5.74, 6) is -0.593. The van der Waals surface area contributed by atoms with Crippen molar-refractivity contribution < 1.29 is 14.6 Å². The number of benzene rings is 1. The van der Waals surface area contributed by atoms with E-state index in [4.69, 9.17) is 4.74 Å². The molecule has 1 N–H and O–H groups in total. The topological polar surface area (TPSA) is 53.0 Å². The second-order valence-electron chi connectivity index (χ2n) is 5.87. The Hall–Kier alpha value is -1.59. The number of rotatable bonds is 5. The number of carbonyl (C=O) groups excluding carboxylic acids is 1. The van der Waals surface area contributed by atoms with Crippen LogP contribution in [0, 0.1) is 0 Å². The summed E-state index contributed by atoms with van der Waals surface area (Å²) in [7, 11) is 0. The van der Waals surface area contributed by atoms with Crippen LogP contribution in [0.25, 0.3) is 0 Å². The van der Waals surface area contributed by atoms with Gasteiger partial charge in [0.15, 0.2) is 6.10 Å². The van der Waals surface area contributed by atoms with Crippen LogP contribution in [0.2, 0.25) is 0 Å². The van der Waals surface area contributed by atoms with Gasteiger partial charge < -0.3 is 14.7 Å². The Morgan fingerprint density at radius 2 is 1.95 bits per heavy atom. The van der Waals surface area contributed by atoms with Crippen molar-refractivity contribution in [2.24, 2.45) is 0 Å². The molecule has 0 spiro atoms. The van der Waals surface area contributed by atoms with Gasteiger partial charge in [0.2, 0.25) is 0 Å². The summed E-state index contributed by atoms with van der Waals surface area (Å²) in [6, 6.07) is 8.11. The zero-order valence-electron chi connectivity index (χ0n) is 13.7. The third kappa shape index (κ3) is 3.99. The number of piperazine rings is 1. The Kier molecular flexibility index (Phi) is 5.80. The Balaban J connectivity index is 2.04. The molecule has 22 heavy (non-hydrogen) atoms. The van der Waals surface area contributed by atoms with Crippen molar-refractivity contribution >= 4 is 11.7 Å². The smallest absolute Gasteiger partial charge is 0.339 e. The largest absolute Gasteiger partial charge is 0.464 e. The first kappa shape index (κ1) is 16.8. The second-order valence-corrected chi connectivity index (χ2v) is 5.87. The first-order chi connectivity index (χ1) is 10.5. The molecule has 5 heteroatoms. The molecule has 1 aromatic carbocycles. The lowest BCUT2D eigenvalue weighted by Gasteiger charge is -2.38. The molecule has 1 aliphatic heterocycles. The molecule has 0 saturated carbocycles. The van der Waals surface area contributed by atoms with E-state index in [0.717, 1.165) is 31.9 Å². The van der Waals surface area contributed by atoms with Gasteiger partial charge in [0.1, 0.15) is 0 Å². The molecular formula is C17H26N2O3. The maximum Gasteiger partial charge on any atom is 0.339 e. The highest BCUT2D eigenvalue weighted by Gasteiger charge is 2.22. The molecule has 1 heterocycles. The van der Waals surface area contributed by atoms with Crippen molar-refractivity contribution in [3.05, 3.63) is 29.8 Å². The highest BCUT2D eigenvalue weighted by molar-refractivity contribution is 5.76. The van der Waals surface area contributed by atoms with Gasteiger partial charge in [0.25, 0.3) is 0 Å². The van der Waals surface area contributed by atoms with Gasteiger partial charge in [-0.1, -0.05) is 12.1 Å². The molecule has 1 aliphatic rings. The molecule has 1 atom stereocenters. The van der Waals surface area contributed by atoms with Gasteiger partial charge in [-0.05, 0) is 38.5 Å². The van der Waals surface area contributed by atoms with Crippen LogP contribution in [-0.2, 0) is 9.53 Å². The van der Waals surface area contributed by atoms with Gasteiger partial charge in [0, 0.05) is 37.9 Å². The lowest BCUT2D eigenvalue weighted by atomic mass is 10.1. The van der Waals surface area contributed by atoms with E-state index in [0.29, 0.717) is 11.6 Å². The summed E-state index contributed by atoms with van der Waals surface area (Å²) in [6.07, 6.45) is -1.21. The van der Waals surface area contributed by atoms with E-state index >= 15 is 0 Å². The SMILES string of the molecule is CCOC(=O)C(O)c1cccc(N2CCN(C(C)C)CC2)c1. The number of aliphatic hydroxyl groups excluding tert-OH is 1. The second kappa shape index (κ2) is 7.61. The zero-order valence-corrected chi connectivity index (χ0v) is 13.7. The number of ether oxygens (including phenoxy) is 1. The van der Waals surface area contributed by atoms with E-state index in [1.165, 1.54) is 0 Å². The van der Waals surface area contributed by atoms with Crippen molar-refractivity contribution in [1.29, 1.82) is 0 Å². The summed E-state index contributed by atoms with van der Waals surface area (Å²) in [5.41, 5.74) is 1.63. The molecule has 0 aliphatic carbocycles. The Morgan fingerprint density at radius 1 is 1.27 bits per heavy atom. The fourth-order valence-corrected chi connectivity index (χ4v) is 2.75. The predicted molar refractivity (Wildman–Crippen MR) is 87.0 cm³/mol. The minimum Gasteiger partial charge on any atom is -0.464 e. The minimum atomic E-state index is -1.21. The molecule has 2 rings (SSSR count). The summed E-state index contributed by atoms with van der Waals surface area (Å²) in [6.45, 7) is 10.4. The van der Waals surface area contributed by atoms with Gasteiger partial charge in [-0.15, -0.1) is 0 Å². The van der Waals surface area contributed by atoms with Crippen LogP contribution in [0.4, 0.5) is 5.69 Å². The standard InChI is InChI=1S/C17H26N2O3/c1-4-22-17(21)16(20)14-6-5-7-15(12-14)19-10-8-18(9-11-19)13(2)3/h5-7,12-13,16,20H,4,8-11H2,1-3H3. The van der Waals surface area contributed by atoms with Gasteiger partial charge >= 0.3 is 5.97 Å². The maximum absolute atomic E-state index is 11.7. The van der Waals surface area contributed by atoms with Crippen LogP contribution in [0.3, 0.4) is 0 Å². The van der Waals surface area contributed by atoms with E-state index in [1.54, 1.807) is 13.0 Å². The minimum absolute atomic E-state index is 0.271. The fraction of sp³-hybridized carbons (Fsp3) is 0.588. The molecular weight excluding hydrogens is 280 g/mol. The van der Waals surface area contributed by atoms with Gasteiger partial charge in [0.05, 0.1) is 6.61 Å². The first-order valence-electron chi connectivity index (χ1n) is 7.96. The Labute approximate surface area is 132 Å². The average Bonchev–Trinajstić information content (AvgIpc) is 2.54. The van der Waals surface area contributed by atoms with E-state index in [-0.39, 0.29) is 6.61 Å². The fourth-order valence-electron chi connectivity index (χ4n) is 2.75. The number of carbonyl (C=O) groups is 1. The number of nitrogens with zero attached hydrogens (tertiary/aromatic N) is 2. The normalized spacial score (nSPS) is 17.6. The molecule has 0 bridgehead atoms. The number of anilines is 1. The highest BCUT2D eigenvalue weighted by atomic mass is 16.5. The van der Waals surface area contributed by atoms with Crippen molar-refractivity contribution in [2.45, 2.75) is 32.9 Å². The number of esters is 1. The van der Waals surface area contributed by atoms with E-state index in [2.05, 4.69) is 23.6 Å². The summed E-state index contributed by atoms with van der Waals surface area (Å²) < 4.78 is 4.87. The zero-order chi connectivity index (χ0) is 16.1. The van der Waals surface area contributed by atoms with Crippen LogP contribution in [0.5, 0.6) is 0 Å². The van der Waals surface area contributed by atoms with Crippen LogP contribution in [0.15, 0.2) is 24.3 Å². The molecule has 1 aromatic rings. The Morgan fingerprint density at radius 3 is 2.55 bits per heavy atom. The van der Waals surface area contributed by atoms with Crippen LogP contribution in [-0.4, -0.2) is 54.8 Å². The molecule has 1 saturated heterocycles. The quantitative estimate of drug-likeness (QED) is 0.841. The van der Waals surface area contributed by atoms with Crippen molar-refractivity contribution in [2.75, 3.05) is 37.7 Å². The molecule has 0 radical (unpaired) electrons. The predicted octanol–water partition coefficient (Wildman–Crippen LogP) is 1.81. The van der Waals surface area contributed by atoms with E-state index < -0.39 is 12.1 Å². The van der Waals surface area contributed by atoms with Crippen LogP contribution >= 0.6 is 0 Å². The molecule has 1 fully saturated rings. The molecule has 0 aromatic heterocycles. The van der Waals surface area contributed by atoms with Crippen LogP contribution in [0.1, 0.15) is 32.4 Å². The third-order valence-electron chi connectivity index (χ3n) is 4.11. The average molecular weight is 306 g/mol.